The number of rotatable bonds is 4. The molecule has 102 valence electrons. The summed E-state index contributed by atoms with van der Waals surface area (Å²) in [6.07, 6.45) is 2.84. The zero-order valence-electron chi connectivity index (χ0n) is 10.3. The smallest absolute Gasteiger partial charge is 0.253 e. The number of carbonyl (C=O) groups excluding carboxylic acids is 2. The summed E-state index contributed by atoms with van der Waals surface area (Å²) in [7, 11) is 0. The van der Waals surface area contributed by atoms with Gasteiger partial charge in [0.15, 0.2) is 5.78 Å². The lowest BCUT2D eigenvalue weighted by molar-refractivity contribution is 0.0902. The Hall–Kier alpha value is -2.63. The molecule has 20 heavy (non-hydrogen) atoms. The molecule has 0 saturated heterocycles. The summed E-state index contributed by atoms with van der Waals surface area (Å²) in [5.41, 5.74) is -0.114. The molecule has 2 aromatic rings. The number of hydrogen-bond donors (Lipinski definition) is 1. The van der Waals surface area contributed by atoms with Crippen LogP contribution in [0.4, 0.5) is 8.78 Å². The summed E-state index contributed by atoms with van der Waals surface area (Å²) < 4.78 is 26.3. The van der Waals surface area contributed by atoms with E-state index in [-0.39, 0.29) is 5.56 Å². The van der Waals surface area contributed by atoms with Gasteiger partial charge in [0.25, 0.3) is 5.91 Å². The zero-order chi connectivity index (χ0) is 14.5. The van der Waals surface area contributed by atoms with Crippen molar-refractivity contribution in [2.24, 2.45) is 0 Å². The number of benzene rings is 1. The van der Waals surface area contributed by atoms with Crippen LogP contribution in [0.2, 0.25) is 0 Å². The van der Waals surface area contributed by atoms with E-state index in [0.29, 0.717) is 0 Å². The number of carbonyl (C=O) groups is 2. The molecule has 0 radical (unpaired) electrons. The number of aromatic nitrogens is 1. The van der Waals surface area contributed by atoms with Crippen molar-refractivity contribution in [3.63, 3.8) is 0 Å². The Bertz CT molecular complexity index is 645. The molecule has 0 aliphatic heterocycles. The Morgan fingerprint density at radius 1 is 1.20 bits per heavy atom. The Labute approximate surface area is 113 Å². The van der Waals surface area contributed by atoms with Gasteiger partial charge in [0.05, 0.1) is 17.7 Å². The standard InChI is InChI=1S/C14H10F2N2O2/c15-10-3-4-12(16)11(6-10)13(19)8-18-14(20)9-2-1-5-17-7-9/h1-7H,8H2,(H,18,20). The highest BCUT2D eigenvalue weighted by Gasteiger charge is 2.14. The zero-order valence-corrected chi connectivity index (χ0v) is 10.3. The summed E-state index contributed by atoms with van der Waals surface area (Å²) in [6, 6.07) is 5.68. The second-order valence-corrected chi connectivity index (χ2v) is 3.97. The van der Waals surface area contributed by atoms with Gasteiger partial charge in [-0.05, 0) is 30.3 Å². The SMILES string of the molecule is O=C(NCC(=O)c1cc(F)ccc1F)c1cccnc1. The van der Waals surface area contributed by atoms with Gasteiger partial charge in [-0.1, -0.05) is 0 Å². The summed E-state index contributed by atoms with van der Waals surface area (Å²) >= 11 is 0. The van der Waals surface area contributed by atoms with Crippen molar-refractivity contribution in [2.45, 2.75) is 0 Å². The van der Waals surface area contributed by atoms with Gasteiger partial charge in [-0.3, -0.25) is 14.6 Å². The van der Waals surface area contributed by atoms with Crippen molar-refractivity contribution < 1.29 is 18.4 Å². The van der Waals surface area contributed by atoms with Crippen molar-refractivity contribution in [2.75, 3.05) is 6.54 Å². The van der Waals surface area contributed by atoms with E-state index < -0.39 is 35.4 Å². The number of hydrogen-bond acceptors (Lipinski definition) is 3. The molecule has 0 aliphatic rings. The van der Waals surface area contributed by atoms with E-state index in [9.17, 15) is 18.4 Å². The maximum Gasteiger partial charge on any atom is 0.253 e. The first-order valence-electron chi connectivity index (χ1n) is 5.74. The topological polar surface area (TPSA) is 59.1 Å². The van der Waals surface area contributed by atoms with Crippen LogP contribution in [0.3, 0.4) is 0 Å². The number of halogens is 2. The number of amides is 1. The third-order valence-corrected chi connectivity index (χ3v) is 2.56. The predicted octanol–water partition coefficient (Wildman–Crippen LogP) is 1.97. The molecule has 0 unspecified atom stereocenters. The first kappa shape index (κ1) is 13.8. The number of nitrogens with one attached hydrogen (secondary N) is 1. The van der Waals surface area contributed by atoms with E-state index in [0.717, 1.165) is 18.2 Å². The first-order valence-corrected chi connectivity index (χ1v) is 5.74. The Balaban J connectivity index is 2.02. The second kappa shape index (κ2) is 6.01. The minimum atomic E-state index is -0.827. The van der Waals surface area contributed by atoms with Crippen molar-refractivity contribution in [1.29, 1.82) is 0 Å². The van der Waals surface area contributed by atoms with Gasteiger partial charge >= 0.3 is 0 Å². The summed E-state index contributed by atoms with van der Waals surface area (Å²) in [5.74, 6) is -2.76. The van der Waals surface area contributed by atoms with Crippen LogP contribution in [-0.4, -0.2) is 23.2 Å². The maximum atomic E-state index is 13.4. The fraction of sp³-hybridized carbons (Fsp3) is 0.0714. The monoisotopic (exact) mass is 276 g/mol. The van der Waals surface area contributed by atoms with Crippen molar-refractivity contribution >= 4 is 11.7 Å². The molecule has 6 heteroatoms. The van der Waals surface area contributed by atoms with Crippen molar-refractivity contribution in [3.8, 4) is 0 Å². The lowest BCUT2D eigenvalue weighted by atomic mass is 10.1. The third kappa shape index (κ3) is 3.23. The average Bonchev–Trinajstić information content (AvgIpc) is 2.47. The van der Waals surface area contributed by atoms with Crippen LogP contribution < -0.4 is 5.32 Å². The molecule has 2 rings (SSSR count). The molecule has 1 heterocycles. The largest absolute Gasteiger partial charge is 0.345 e. The molecule has 0 spiro atoms. The molecular formula is C14H10F2N2O2. The van der Waals surface area contributed by atoms with Crippen LogP contribution >= 0.6 is 0 Å². The Morgan fingerprint density at radius 3 is 2.70 bits per heavy atom. The van der Waals surface area contributed by atoms with Gasteiger partial charge in [0.1, 0.15) is 11.6 Å². The fourth-order valence-corrected chi connectivity index (χ4v) is 1.57. The van der Waals surface area contributed by atoms with E-state index in [1.807, 2.05) is 0 Å². The quantitative estimate of drug-likeness (QED) is 0.869. The molecule has 0 saturated carbocycles. The molecule has 1 amide bonds. The van der Waals surface area contributed by atoms with E-state index in [4.69, 9.17) is 0 Å². The summed E-state index contributed by atoms with van der Waals surface area (Å²) in [4.78, 5) is 27.1. The molecule has 1 N–H and O–H groups in total. The van der Waals surface area contributed by atoms with Crippen LogP contribution in [0.15, 0.2) is 42.7 Å². The Kier molecular flexibility index (Phi) is 4.14. The number of pyridine rings is 1. The molecule has 0 aliphatic carbocycles. The molecule has 0 atom stereocenters. The normalized spacial score (nSPS) is 10.1. The van der Waals surface area contributed by atoms with E-state index in [1.165, 1.54) is 18.5 Å². The molecule has 0 bridgehead atoms. The van der Waals surface area contributed by atoms with Gasteiger partial charge in [-0.2, -0.15) is 0 Å². The maximum absolute atomic E-state index is 13.4. The van der Waals surface area contributed by atoms with E-state index in [1.54, 1.807) is 6.07 Å². The lowest BCUT2D eigenvalue weighted by Crippen LogP contribution is -2.30. The third-order valence-electron chi connectivity index (χ3n) is 2.56. The van der Waals surface area contributed by atoms with Crippen LogP contribution in [0.5, 0.6) is 0 Å². The molecular weight excluding hydrogens is 266 g/mol. The highest BCUT2D eigenvalue weighted by atomic mass is 19.1. The predicted molar refractivity (Wildman–Crippen MR) is 67.3 cm³/mol. The van der Waals surface area contributed by atoms with Crippen LogP contribution in [0.25, 0.3) is 0 Å². The summed E-state index contributed by atoms with van der Waals surface area (Å²) in [6.45, 7) is -0.423. The van der Waals surface area contributed by atoms with Gasteiger partial charge in [0, 0.05) is 12.4 Å². The van der Waals surface area contributed by atoms with E-state index >= 15 is 0 Å². The fourth-order valence-electron chi connectivity index (χ4n) is 1.57. The summed E-state index contributed by atoms with van der Waals surface area (Å²) in [5, 5.41) is 2.33. The van der Waals surface area contributed by atoms with Gasteiger partial charge < -0.3 is 5.32 Å². The highest BCUT2D eigenvalue weighted by molar-refractivity contribution is 6.02. The number of Topliss-reactive ketones (excluding diaryl/α,β-unsaturated/α-hetero) is 1. The van der Waals surface area contributed by atoms with Crippen LogP contribution in [0, 0.1) is 11.6 Å². The molecule has 1 aromatic carbocycles. The minimum Gasteiger partial charge on any atom is -0.345 e. The lowest BCUT2D eigenvalue weighted by Gasteiger charge is -2.05. The van der Waals surface area contributed by atoms with E-state index in [2.05, 4.69) is 10.3 Å². The average molecular weight is 276 g/mol. The number of nitrogens with zero attached hydrogens (tertiary/aromatic N) is 1. The van der Waals surface area contributed by atoms with Crippen LogP contribution in [-0.2, 0) is 0 Å². The number of ketones is 1. The molecule has 4 nitrogen and oxygen atoms in total. The van der Waals surface area contributed by atoms with Gasteiger partial charge in [-0.25, -0.2) is 8.78 Å². The molecule has 0 fully saturated rings. The highest BCUT2D eigenvalue weighted by Crippen LogP contribution is 2.10. The molecule has 1 aromatic heterocycles. The van der Waals surface area contributed by atoms with Crippen molar-refractivity contribution in [3.05, 3.63) is 65.5 Å². The minimum absolute atomic E-state index is 0.278. The van der Waals surface area contributed by atoms with Gasteiger partial charge in [-0.15, -0.1) is 0 Å². The first-order chi connectivity index (χ1) is 9.58. The Morgan fingerprint density at radius 2 is 2.00 bits per heavy atom. The van der Waals surface area contributed by atoms with Gasteiger partial charge in [0.2, 0.25) is 0 Å². The van der Waals surface area contributed by atoms with Crippen LogP contribution in [0.1, 0.15) is 20.7 Å². The second-order valence-electron chi connectivity index (χ2n) is 3.97. The van der Waals surface area contributed by atoms with Crippen molar-refractivity contribution in [1.82, 2.24) is 10.3 Å².